The minimum absolute atomic E-state index is 0.0362. The van der Waals surface area contributed by atoms with E-state index in [1.165, 1.54) is 4.88 Å². The molecule has 0 unspecified atom stereocenters. The second-order valence-electron chi connectivity index (χ2n) is 3.96. The number of carbonyl (C=O) groups is 1. The van der Waals surface area contributed by atoms with Crippen LogP contribution in [0.2, 0.25) is 0 Å². The lowest BCUT2D eigenvalue weighted by Crippen LogP contribution is -2.49. The quantitative estimate of drug-likeness (QED) is 0.824. The summed E-state index contributed by atoms with van der Waals surface area (Å²) in [6, 6.07) is 3.99. The van der Waals surface area contributed by atoms with Crippen molar-refractivity contribution in [2.24, 2.45) is 5.73 Å². The molecule has 0 saturated heterocycles. The number of hydrogen-bond donors (Lipinski definition) is 1. The summed E-state index contributed by atoms with van der Waals surface area (Å²) >= 11 is 1.64. The summed E-state index contributed by atoms with van der Waals surface area (Å²) < 4.78 is 0. The summed E-state index contributed by atoms with van der Waals surface area (Å²) in [6.07, 6.45) is 0. The van der Waals surface area contributed by atoms with Gasteiger partial charge in [-0.05, 0) is 25.3 Å². The lowest BCUT2D eigenvalue weighted by molar-refractivity contribution is -0.134. The molecule has 1 amide bonds. The van der Waals surface area contributed by atoms with Crippen LogP contribution in [-0.2, 0) is 11.3 Å². The summed E-state index contributed by atoms with van der Waals surface area (Å²) in [6.45, 7) is 4.08. The highest BCUT2D eigenvalue weighted by molar-refractivity contribution is 7.09. The summed E-state index contributed by atoms with van der Waals surface area (Å²) in [7, 11) is 1.77. The van der Waals surface area contributed by atoms with Crippen LogP contribution < -0.4 is 5.73 Å². The average molecular weight is 212 g/mol. The Balaban J connectivity index is 2.59. The maximum absolute atomic E-state index is 11.7. The zero-order chi connectivity index (χ0) is 10.8. The standard InChI is InChI=1S/C10H16N2OS/c1-10(2,11)9(13)12(3)7-8-5-4-6-14-8/h4-6H,7,11H2,1-3H3. The summed E-state index contributed by atoms with van der Waals surface area (Å²) in [5.41, 5.74) is 4.94. The molecule has 0 aliphatic carbocycles. The normalized spacial score (nSPS) is 11.4. The van der Waals surface area contributed by atoms with Crippen molar-refractivity contribution in [2.75, 3.05) is 7.05 Å². The Labute approximate surface area is 88.5 Å². The molecular formula is C10H16N2OS. The predicted molar refractivity (Wildman–Crippen MR) is 59.1 cm³/mol. The van der Waals surface area contributed by atoms with Gasteiger partial charge in [-0.1, -0.05) is 6.07 Å². The summed E-state index contributed by atoms with van der Waals surface area (Å²) in [5, 5.41) is 2.00. The van der Waals surface area contributed by atoms with Crippen LogP contribution in [0.4, 0.5) is 0 Å². The van der Waals surface area contributed by atoms with Crippen LogP contribution in [0, 0.1) is 0 Å². The molecule has 0 atom stereocenters. The largest absolute Gasteiger partial charge is 0.339 e. The van der Waals surface area contributed by atoms with Gasteiger partial charge in [-0.3, -0.25) is 4.79 Å². The number of rotatable bonds is 3. The van der Waals surface area contributed by atoms with Crippen LogP contribution in [0.5, 0.6) is 0 Å². The molecule has 0 saturated carbocycles. The molecule has 78 valence electrons. The molecule has 1 heterocycles. The molecule has 4 heteroatoms. The van der Waals surface area contributed by atoms with E-state index in [1.807, 2.05) is 17.5 Å². The van der Waals surface area contributed by atoms with Gasteiger partial charge < -0.3 is 10.6 Å². The van der Waals surface area contributed by atoms with E-state index in [2.05, 4.69) is 0 Å². The van der Waals surface area contributed by atoms with Gasteiger partial charge in [-0.2, -0.15) is 0 Å². The minimum atomic E-state index is -0.786. The van der Waals surface area contributed by atoms with E-state index in [-0.39, 0.29) is 5.91 Å². The van der Waals surface area contributed by atoms with Gasteiger partial charge in [0.1, 0.15) is 0 Å². The third kappa shape index (κ3) is 2.82. The van der Waals surface area contributed by atoms with Gasteiger partial charge in [0, 0.05) is 11.9 Å². The number of likely N-dealkylation sites (N-methyl/N-ethyl adjacent to an activating group) is 1. The fourth-order valence-corrected chi connectivity index (χ4v) is 1.96. The molecule has 1 aromatic heterocycles. The second-order valence-corrected chi connectivity index (χ2v) is 4.99. The van der Waals surface area contributed by atoms with Gasteiger partial charge in [0.2, 0.25) is 5.91 Å². The Hall–Kier alpha value is -0.870. The van der Waals surface area contributed by atoms with E-state index in [0.29, 0.717) is 6.54 Å². The van der Waals surface area contributed by atoms with E-state index < -0.39 is 5.54 Å². The van der Waals surface area contributed by atoms with Gasteiger partial charge >= 0.3 is 0 Å². The third-order valence-electron chi connectivity index (χ3n) is 1.87. The Morgan fingerprint density at radius 1 is 1.64 bits per heavy atom. The van der Waals surface area contributed by atoms with Crippen molar-refractivity contribution in [3.05, 3.63) is 22.4 Å². The Morgan fingerprint density at radius 2 is 2.29 bits per heavy atom. The monoisotopic (exact) mass is 212 g/mol. The van der Waals surface area contributed by atoms with Crippen molar-refractivity contribution in [2.45, 2.75) is 25.9 Å². The topological polar surface area (TPSA) is 46.3 Å². The maximum atomic E-state index is 11.7. The lowest BCUT2D eigenvalue weighted by Gasteiger charge is -2.25. The SMILES string of the molecule is CN(Cc1cccs1)C(=O)C(C)(C)N. The predicted octanol–water partition coefficient (Wildman–Crippen LogP) is 1.44. The van der Waals surface area contributed by atoms with Gasteiger partial charge in [-0.15, -0.1) is 11.3 Å². The molecule has 3 nitrogen and oxygen atoms in total. The number of nitrogens with two attached hydrogens (primary N) is 1. The molecule has 2 N–H and O–H groups in total. The first-order valence-electron chi connectivity index (χ1n) is 4.48. The van der Waals surface area contributed by atoms with Crippen LogP contribution in [-0.4, -0.2) is 23.4 Å². The van der Waals surface area contributed by atoms with Crippen molar-refractivity contribution >= 4 is 17.2 Å². The molecular weight excluding hydrogens is 196 g/mol. The summed E-state index contributed by atoms with van der Waals surface area (Å²) in [5.74, 6) is -0.0362. The number of thiophene rings is 1. The van der Waals surface area contributed by atoms with Crippen molar-refractivity contribution in [3.63, 3.8) is 0 Å². The van der Waals surface area contributed by atoms with Crippen LogP contribution in [0.3, 0.4) is 0 Å². The van der Waals surface area contributed by atoms with Crippen molar-refractivity contribution in [1.29, 1.82) is 0 Å². The number of amides is 1. The smallest absolute Gasteiger partial charge is 0.242 e. The van der Waals surface area contributed by atoms with Crippen LogP contribution in [0.15, 0.2) is 17.5 Å². The van der Waals surface area contributed by atoms with E-state index in [9.17, 15) is 4.79 Å². The van der Waals surface area contributed by atoms with Crippen LogP contribution >= 0.6 is 11.3 Å². The number of carbonyl (C=O) groups excluding carboxylic acids is 1. The fraction of sp³-hybridized carbons (Fsp3) is 0.500. The molecule has 0 aromatic carbocycles. The highest BCUT2D eigenvalue weighted by Crippen LogP contribution is 2.12. The molecule has 0 aliphatic heterocycles. The first kappa shape index (κ1) is 11.2. The van der Waals surface area contributed by atoms with E-state index in [0.717, 1.165) is 0 Å². The Bertz CT molecular complexity index is 300. The van der Waals surface area contributed by atoms with Gasteiger partial charge in [-0.25, -0.2) is 0 Å². The molecule has 1 aromatic rings. The van der Waals surface area contributed by atoms with Gasteiger partial charge in [0.05, 0.1) is 12.1 Å². The highest BCUT2D eigenvalue weighted by Gasteiger charge is 2.25. The first-order valence-corrected chi connectivity index (χ1v) is 5.36. The second kappa shape index (κ2) is 4.11. The molecule has 0 radical (unpaired) electrons. The van der Waals surface area contributed by atoms with Crippen molar-refractivity contribution < 1.29 is 4.79 Å². The fourth-order valence-electron chi connectivity index (χ4n) is 1.20. The average Bonchev–Trinajstić information content (AvgIpc) is 2.53. The zero-order valence-electron chi connectivity index (χ0n) is 8.78. The molecule has 0 aliphatic rings. The third-order valence-corrected chi connectivity index (χ3v) is 2.73. The number of hydrogen-bond acceptors (Lipinski definition) is 3. The van der Waals surface area contributed by atoms with E-state index >= 15 is 0 Å². The Morgan fingerprint density at radius 3 is 2.71 bits per heavy atom. The highest BCUT2D eigenvalue weighted by atomic mass is 32.1. The molecule has 0 bridgehead atoms. The maximum Gasteiger partial charge on any atom is 0.242 e. The minimum Gasteiger partial charge on any atom is -0.339 e. The Kier molecular flexibility index (Phi) is 3.29. The molecule has 14 heavy (non-hydrogen) atoms. The van der Waals surface area contributed by atoms with Crippen LogP contribution in [0.1, 0.15) is 18.7 Å². The van der Waals surface area contributed by atoms with Crippen LogP contribution in [0.25, 0.3) is 0 Å². The number of nitrogens with zero attached hydrogens (tertiary/aromatic N) is 1. The van der Waals surface area contributed by atoms with E-state index in [1.54, 1.807) is 37.1 Å². The zero-order valence-corrected chi connectivity index (χ0v) is 9.60. The van der Waals surface area contributed by atoms with E-state index in [4.69, 9.17) is 5.73 Å². The van der Waals surface area contributed by atoms with Crippen molar-refractivity contribution in [1.82, 2.24) is 4.90 Å². The summed E-state index contributed by atoms with van der Waals surface area (Å²) in [4.78, 5) is 14.5. The van der Waals surface area contributed by atoms with Crippen molar-refractivity contribution in [3.8, 4) is 0 Å². The van der Waals surface area contributed by atoms with Gasteiger partial charge in [0.15, 0.2) is 0 Å². The van der Waals surface area contributed by atoms with Gasteiger partial charge in [0.25, 0.3) is 0 Å². The molecule has 0 fully saturated rings. The molecule has 1 rings (SSSR count). The molecule has 0 spiro atoms. The lowest BCUT2D eigenvalue weighted by atomic mass is 10.1. The first-order chi connectivity index (χ1) is 6.41.